The van der Waals surface area contributed by atoms with Gasteiger partial charge in [-0.05, 0) is 55.4 Å². The molecule has 10 nitrogen and oxygen atoms in total. The number of hydrogen-bond acceptors (Lipinski definition) is 8. The van der Waals surface area contributed by atoms with E-state index in [1.54, 1.807) is 36.1 Å². The van der Waals surface area contributed by atoms with Crippen molar-refractivity contribution in [3.05, 3.63) is 82.3 Å². The van der Waals surface area contributed by atoms with Gasteiger partial charge in [0, 0.05) is 54.1 Å². The quantitative estimate of drug-likeness (QED) is 0.188. The maximum Gasteiger partial charge on any atom is 0.260 e. The SMILES string of the molecule is C=CC(=O)Nc1ccc(CCn2c(=O)c(-c3cc(OC)cc(OC)c3Cl)cc3cnc(NCCN(CC)CC)nc32)cc1. The van der Waals surface area contributed by atoms with Gasteiger partial charge in [-0.3, -0.25) is 14.2 Å². The largest absolute Gasteiger partial charge is 0.497 e. The Morgan fingerprint density at radius 2 is 1.84 bits per heavy atom. The number of aryl methyl sites for hydroxylation is 2. The molecule has 0 atom stereocenters. The number of nitrogens with zero attached hydrogens (tertiary/aromatic N) is 4. The second-order valence-electron chi connectivity index (χ2n) is 9.77. The zero-order valence-electron chi connectivity index (χ0n) is 24.9. The van der Waals surface area contributed by atoms with Crippen molar-refractivity contribution in [3.8, 4) is 22.6 Å². The van der Waals surface area contributed by atoms with E-state index in [1.165, 1.54) is 13.2 Å². The van der Waals surface area contributed by atoms with E-state index in [9.17, 15) is 9.59 Å². The highest BCUT2D eigenvalue weighted by Crippen LogP contribution is 2.38. The van der Waals surface area contributed by atoms with E-state index in [2.05, 4.69) is 40.9 Å². The number of amides is 1. The van der Waals surface area contributed by atoms with Crippen molar-refractivity contribution in [2.75, 3.05) is 51.0 Å². The number of aromatic nitrogens is 3. The number of likely N-dealkylation sites (N-methyl/N-ethyl adjacent to an activating group) is 1. The van der Waals surface area contributed by atoms with Crippen molar-refractivity contribution < 1.29 is 14.3 Å². The molecular weight excluding hydrogens is 568 g/mol. The third-order valence-electron chi connectivity index (χ3n) is 7.22. The highest BCUT2D eigenvalue weighted by molar-refractivity contribution is 6.35. The molecule has 2 aromatic carbocycles. The summed E-state index contributed by atoms with van der Waals surface area (Å²) in [5, 5.41) is 7.02. The lowest BCUT2D eigenvalue weighted by atomic mass is 10.0. The van der Waals surface area contributed by atoms with Gasteiger partial charge in [-0.25, -0.2) is 4.98 Å². The Balaban J connectivity index is 1.75. The Kier molecular flexibility index (Phi) is 10.7. The minimum absolute atomic E-state index is 0.257. The molecule has 11 heteroatoms. The summed E-state index contributed by atoms with van der Waals surface area (Å²) in [6, 6.07) is 12.6. The van der Waals surface area contributed by atoms with Gasteiger partial charge in [-0.2, -0.15) is 4.98 Å². The van der Waals surface area contributed by atoms with Gasteiger partial charge in [0.25, 0.3) is 5.56 Å². The van der Waals surface area contributed by atoms with Crippen molar-refractivity contribution in [2.24, 2.45) is 0 Å². The van der Waals surface area contributed by atoms with Crippen LogP contribution in [0.25, 0.3) is 22.2 Å². The standard InChI is InChI=1S/C32H37ClN6O4/c1-6-28(40)36-23-11-9-21(10-12-23)13-15-39-30-22(20-35-32(37-30)34-14-16-38(7-2)8-3)17-26(31(39)41)25-18-24(42-4)19-27(43-5)29(25)33/h6,9-12,17-20H,1,7-8,13-16H2,2-5H3,(H,36,40)(H,34,35,37). The molecule has 0 aliphatic carbocycles. The van der Waals surface area contributed by atoms with Gasteiger partial charge in [-0.1, -0.05) is 44.2 Å². The van der Waals surface area contributed by atoms with Gasteiger partial charge in [0.15, 0.2) is 0 Å². The van der Waals surface area contributed by atoms with Crippen molar-refractivity contribution in [3.63, 3.8) is 0 Å². The maximum absolute atomic E-state index is 14.1. The summed E-state index contributed by atoms with van der Waals surface area (Å²) < 4.78 is 12.5. The minimum Gasteiger partial charge on any atom is -0.497 e. The molecule has 1 amide bonds. The molecule has 43 heavy (non-hydrogen) atoms. The van der Waals surface area contributed by atoms with Crippen molar-refractivity contribution >= 4 is 40.2 Å². The maximum atomic E-state index is 14.1. The van der Waals surface area contributed by atoms with E-state index in [4.69, 9.17) is 26.1 Å². The van der Waals surface area contributed by atoms with E-state index in [-0.39, 0.29) is 11.5 Å². The smallest absolute Gasteiger partial charge is 0.260 e. The molecule has 0 saturated carbocycles. The second-order valence-corrected chi connectivity index (χ2v) is 10.2. The molecule has 2 N–H and O–H groups in total. The molecule has 4 rings (SSSR count). The minimum atomic E-state index is -0.281. The summed E-state index contributed by atoms with van der Waals surface area (Å²) in [6.07, 6.45) is 3.47. The Hall–Kier alpha value is -4.41. The molecule has 0 radical (unpaired) electrons. The summed E-state index contributed by atoms with van der Waals surface area (Å²) in [6.45, 7) is 11.5. The molecule has 2 aromatic heterocycles. The first-order valence-electron chi connectivity index (χ1n) is 14.1. The van der Waals surface area contributed by atoms with Gasteiger partial charge < -0.3 is 25.0 Å². The van der Waals surface area contributed by atoms with E-state index in [0.29, 0.717) is 69.8 Å². The molecule has 0 spiro atoms. The topological polar surface area (TPSA) is 111 Å². The fraction of sp³-hybridized carbons (Fsp3) is 0.312. The van der Waals surface area contributed by atoms with Crippen LogP contribution in [0.2, 0.25) is 5.02 Å². The Morgan fingerprint density at radius 3 is 2.49 bits per heavy atom. The molecule has 0 aliphatic rings. The number of halogens is 1. The molecule has 2 heterocycles. The zero-order chi connectivity index (χ0) is 30.9. The molecule has 226 valence electrons. The third kappa shape index (κ3) is 7.52. The number of rotatable bonds is 14. The number of carbonyl (C=O) groups is 1. The Labute approximate surface area is 256 Å². The molecule has 4 aromatic rings. The third-order valence-corrected chi connectivity index (χ3v) is 7.61. The van der Waals surface area contributed by atoms with E-state index >= 15 is 0 Å². The number of anilines is 2. The van der Waals surface area contributed by atoms with Crippen molar-refractivity contribution in [1.29, 1.82) is 0 Å². The van der Waals surface area contributed by atoms with E-state index < -0.39 is 0 Å². The fourth-order valence-corrected chi connectivity index (χ4v) is 5.02. The number of carbonyl (C=O) groups excluding carboxylic acids is 1. The molecule has 0 aliphatic heterocycles. The molecule has 0 saturated heterocycles. The van der Waals surface area contributed by atoms with Gasteiger partial charge in [0.05, 0.1) is 19.2 Å². The molecular formula is C32H37ClN6O4. The van der Waals surface area contributed by atoms with Crippen LogP contribution in [0.5, 0.6) is 11.5 Å². The highest BCUT2D eigenvalue weighted by atomic mass is 35.5. The average Bonchev–Trinajstić information content (AvgIpc) is 3.03. The van der Waals surface area contributed by atoms with Crippen LogP contribution in [0.1, 0.15) is 19.4 Å². The monoisotopic (exact) mass is 604 g/mol. The summed E-state index contributed by atoms with van der Waals surface area (Å²) >= 11 is 6.70. The number of fused-ring (bicyclic) bond motifs is 1. The second kappa shape index (κ2) is 14.7. The predicted octanol–water partition coefficient (Wildman–Crippen LogP) is 5.25. The van der Waals surface area contributed by atoms with Crippen LogP contribution in [-0.2, 0) is 17.8 Å². The molecule has 0 fully saturated rings. The number of ether oxygens (including phenoxy) is 2. The van der Waals surface area contributed by atoms with Crippen LogP contribution in [0.15, 0.2) is 66.1 Å². The zero-order valence-corrected chi connectivity index (χ0v) is 25.7. The van der Waals surface area contributed by atoms with Crippen molar-refractivity contribution in [2.45, 2.75) is 26.8 Å². The van der Waals surface area contributed by atoms with Crippen LogP contribution in [0, 0.1) is 0 Å². The van der Waals surface area contributed by atoms with Crippen LogP contribution >= 0.6 is 11.6 Å². The number of methoxy groups -OCH3 is 2. The first-order valence-corrected chi connectivity index (χ1v) is 14.5. The van der Waals surface area contributed by atoms with Gasteiger partial charge >= 0.3 is 0 Å². The van der Waals surface area contributed by atoms with Crippen LogP contribution < -0.4 is 25.7 Å². The lowest BCUT2D eigenvalue weighted by molar-refractivity contribution is -0.111. The van der Waals surface area contributed by atoms with Gasteiger partial charge in [0.1, 0.15) is 17.1 Å². The lowest BCUT2D eigenvalue weighted by Crippen LogP contribution is -2.29. The highest BCUT2D eigenvalue weighted by Gasteiger charge is 2.19. The average molecular weight is 605 g/mol. The van der Waals surface area contributed by atoms with E-state index in [1.807, 2.05) is 24.3 Å². The summed E-state index contributed by atoms with van der Waals surface area (Å²) in [7, 11) is 3.06. The predicted molar refractivity (Wildman–Crippen MR) is 173 cm³/mol. The lowest BCUT2D eigenvalue weighted by Gasteiger charge is -2.18. The first-order chi connectivity index (χ1) is 20.8. The van der Waals surface area contributed by atoms with Crippen LogP contribution in [0.4, 0.5) is 11.6 Å². The fourth-order valence-electron chi connectivity index (χ4n) is 4.73. The molecule has 0 bridgehead atoms. The Morgan fingerprint density at radius 1 is 1.09 bits per heavy atom. The van der Waals surface area contributed by atoms with Gasteiger partial charge in [0.2, 0.25) is 11.9 Å². The summed E-state index contributed by atoms with van der Waals surface area (Å²) in [5.74, 6) is 1.07. The summed E-state index contributed by atoms with van der Waals surface area (Å²) in [4.78, 5) is 37.4. The number of pyridine rings is 1. The van der Waals surface area contributed by atoms with Crippen LogP contribution in [0.3, 0.4) is 0 Å². The van der Waals surface area contributed by atoms with Crippen molar-refractivity contribution in [1.82, 2.24) is 19.4 Å². The number of benzene rings is 2. The Bertz CT molecular complexity index is 1650. The van der Waals surface area contributed by atoms with E-state index in [0.717, 1.165) is 25.2 Å². The molecule has 0 unspecified atom stereocenters. The number of nitrogens with one attached hydrogen (secondary N) is 2. The van der Waals surface area contributed by atoms with Gasteiger partial charge in [-0.15, -0.1) is 0 Å². The number of hydrogen-bond donors (Lipinski definition) is 2. The van der Waals surface area contributed by atoms with Crippen LogP contribution in [-0.4, -0.2) is 65.7 Å². The normalized spacial score (nSPS) is 11.0. The first kappa shape index (κ1) is 31.5. The summed E-state index contributed by atoms with van der Waals surface area (Å²) in [5.41, 5.74) is 2.76.